The number of aliphatic hydroxyl groups excluding tert-OH is 2. The van der Waals surface area contributed by atoms with Crippen molar-refractivity contribution in [2.45, 2.75) is 50.7 Å². The lowest BCUT2D eigenvalue weighted by atomic mass is 9.87. The number of nitrogens with one attached hydrogen (secondary N) is 3. The van der Waals surface area contributed by atoms with Crippen LogP contribution in [0.15, 0.2) is 48.5 Å². The first-order valence-electron chi connectivity index (χ1n) is 15.4. The van der Waals surface area contributed by atoms with Gasteiger partial charge in [-0.05, 0) is 35.4 Å². The molecule has 16 nitrogen and oxygen atoms in total. The molecule has 3 rings (SSSR count). The molecule has 2 aromatic carbocycles. The van der Waals surface area contributed by atoms with Crippen molar-refractivity contribution < 1.29 is 67.5 Å². The number of β-lactam (4-membered cyclic amide) rings is 1. The highest BCUT2D eigenvalue weighted by atomic mass is 32.2. The van der Waals surface area contributed by atoms with Crippen LogP contribution < -0.4 is 21.7 Å². The summed E-state index contributed by atoms with van der Waals surface area (Å²) >= 11 is 0.897. The second kappa shape index (κ2) is 19.1. The number of alkyl halides is 3. The average molecular weight is 760 g/mol. The van der Waals surface area contributed by atoms with Gasteiger partial charge in [-0.3, -0.25) is 24.0 Å². The standard InChI is InChI=1S/C30H39N5O9S.C2HF3O2/c1-30(2,16-36)25(40)27(42)33-12-11-22(39)32-13-14-45-29(44)24(18-5-9-20(38)10-6-18)35-15-21(28(35)43)34-26(41)23(31)17-3-7-19(37)8-4-17;3-2(4,5)1(6)7/h3-10,21,23-25,36-38,40H,11-16,31H2,1-2H3,(H,32,39)(H,33,42)(H,34,41);(H,6,7)/t21-,23+,24-,25-;/m0./s1. The maximum absolute atomic E-state index is 13.3. The molecule has 1 fully saturated rings. The molecule has 0 aromatic heterocycles. The zero-order valence-electron chi connectivity index (χ0n) is 27.9. The number of carboxylic acid groups (broad SMARTS) is 1. The molecule has 0 radical (unpaired) electrons. The summed E-state index contributed by atoms with van der Waals surface area (Å²) in [6.07, 6.45) is -6.60. The highest BCUT2D eigenvalue weighted by Crippen LogP contribution is 2.32. The van der Waals surface area contributed by atoms with E-state index in [4.69, 9.17) is 15.6 Å². The van der Waals surface area contributed by atoms with E-state index in [0.717, 1.165) is 11.8 Å². The van der Waals surface area contributed by atoms with E-state index in [2.05, 4.69) is 16.0 Å². The van der Waals surface area contributed by atoms with Gasteiger partial charge in [0.2, 0.25) is 28.7 Å². The van der Waals surface area contributed by atoms with Crippen molar-refractivity contribution in [1.82, 2.24) is 20.9 Å². The highest BCUT2D eigenvalue weighted by Gasteiger charge is 2.45. The summed E-state index contributed by atoms with van der Waals surface area (Å²) in [4.78, 5) is 73.4. The lowest BCUT2D eigenvalue weighted by molar-refractivity contribution is -0.192. The van der Waals surface area contributed by atoms with Crippen LogP contribution in [0.2, 0.25) is 0 Å². The van der Waals surface area contributed by atoms with Gasteiger partial charge in [-0.1, -0.05) is 49.9 Å². The Bertz CT molecular complexity index is 1580. The van der Waals surface area contributed by atoms with Crippen molar-refractivity contribution in [3.05, 3.63) is 59.7 Å². The Balaban J connectivity index is 0.00000121. The first-order chi connectivity index (χ1) is 24.2. The summed E-state index contributed by atoms with van der Waals surface area (Å²) in [5.41, 5.74) is 5.87. The fourth-order valence-corrected chi connectivity index (χ4v) is 5.16. The fraction of sp³-hybridized carbons (Fsp3) is 0.438. The van der Waals surface area contributed by atoms with Crippen molar-refractivity contribution in [1.29, 1.82) is 0 Å². The number of carbonyl (C=O) groups excluding carboxylic acids is 5. The molecule has 52 heavy (non-hydrogen) atoms. The molecule has 20 heteroatoms. The van der Waals surface area contributed by atoms with Crippen molar-refractivity contribution >= 4 is 46.5 Å². The number of phenolic OH excluding ortho intramolecular Hbond substituents is 2. The maximum Gasteiger partial charge on any atom is 0.490 e. The average Bonchev–Trinajstić information content (AvgIpc) is 3.09. The molecular weight excluding hydrogens is 719 g/mol. The summed E-state index contributed by atoms with van der Waals surface area (Å²) in [6.45, 7) is 2.78. The molecule has 0 aliphatic carbocycles. The lowest BCUT2D eigenvalue weighted by Crippen LogP contribution is -2.65. The number of aliphatic carboxylic acids is 1. The van der Waals surface area contributed by atoms with Crippen LogP contribution in [-0.4, -0.2) is 115 Å². The Kier molecular flexibility index (Phi) is 15.9. The third kappa shape index (κ3) is 12.7. The van der Waals surface area contributed by atoms with Gasteiger partial charge >= 0.3 is 12.1 Å². The van der Waals surface area contributed by atoms with E-state index < -0.39 is 72.0 Å². The zero-order chi connectivity index (χ0) is 39.4. The maximum atomic E-state index is 13.3. The van der Waals surface area contributed by atoms with Crippen LogP contribution in [0.3, 0.4) is 0 Å². The second-order valence-corrected chi connectivity index (χ2v) is 13.1. The Morgan fingerprint density at radius 1 is 0.923 bits per heavy atom. The topological polar surface area (TPSA) is 269 Å². The number of nitrogens with two attached hydrogens (primary N) is 1. The number of rotatable bonds is 15. The molecule has 4 amide bonds. The summed E-state index contributed by atoms with van der Waals surface area (Å²) in [5.74, 6) is -4.76. The molecule has 10 N–H and O–H groups in total. The van der Waals surface area contributed by atoms with Gasteiger partial charge in [0.05, 0.1) is 13.2 Å². The van der Waals surface area contributed by atoms with Crippen LogP contribution in [0.25, 0.3) is 0 Å². The van der Waals surface area contributed by atoms with E-state index in [1.807, 2.05) is 0 Å². The third-order valence-electron chi connectivity index (χ3n) is 7.51. The van der Waals surface area contributed by atoms with Crippen molar-refractivity contribution in [3.8, 4) is 11.5 Å². The number of hydrogen-bond acceptors (Lipinski definition) is 12. The molecule has 1 saturated heterocycles. The first kappa shape index (κ1) is 43.2. The highest BCUT2D eigenvalue weighted by molar-refractivity contribution is 8.13. The summed E-state index contributed by atoms with van der Waals surface area (Å²) in [7, 11) is 0. The number of phenols is 2. The number of nitrogens with zero attached hydrogens (tertiary/aromatic N) is 1. The number of amides is 4. The normalized spacial score (nSPS) is 15.9. The van der Waals surface area contributed by atoms with Crippen molar-refractivity contribution in [3.63, 3.8) is 0 Å². The molecule has 1 aliphatic rings. The molecule has 4 atom stereocenters. The molecule has 0 saturated carbocycles. The Morgan fingerprint density at radius 2 is 1.44 bits per heavy atom. The van der Waals surface area contributed by atoms with E-state index in [0.29, 0.717) is 11.1 Å². The van der Waals surface area contributed by atoms with Crippen LogP contribution in [0.5, 0.6) is 11.5 Å². The molecule has 2 aromatic rings. The quantitative estimate of drug-likeness (QED) is 0.0860. The van der Waals surface area contributed by atoms with E-state index >= 15 is 0 Å². The minimum absolute atomic E-state index is 0.0170. The SMILES string of the molecule is CC(C)(CO)[C@@H](O)C(=O)NCCC(=O)NCCSC(=O)[C@H](c1ccc(O)cc1)N1C[C@H](NC(=O)[C@H](N)c2ccc(O)cc2)C1=O.O=C(O)C(F)(F)F. The second-order valence-electron chi connectivity index (χ2n) is 12.0. The first-order valence-corrected chi connectivity index (χ1v) is 16.4. The number of benzene rings is 2. The van der Waals surface area contributed by atoms with E-state index in [-0.39, 0.29) is 48.4 Å². The molecule has 1 heterocycles. The molecule has 0 spiro atoms. The number of aromatic hydroxyl groups is 2. The van der Waals surface area contributed by atoms with Gasteiger partial charge in [-0.2, -0.15) is 13.2 Å². The van der Waals surface area contributed by atoms with Crippen LogP contribution >= 0.6 is 11.8 Å². The molecule has 0 bridgehead atoms. The smallest absolute Gasteiger partial charge is 0.490 e. The van der Waals surface area contributed by atoms with Crippen molar-refractivity contribution in [2.75, 3.05) is 32.0 Å². The molecule has 1 aliphatic heterocycles. The molecular formula is C32H40F3N5O11S. The van der Waals surface area contributed by atoms with Gasteiger partial charge in [0.1, 0.15) is 35.7 Å². The monoisotopic (exact) mass is 759 g/mol. The van der Waals surface area contributed by atoms with Crippen LogP contribution in [0.4, 0.5) is 13.2 Å². The predicted molar refractivity (Wildman–Crippen MR) is 178 cm³/mol. The number of hydrogen-bond donors (Lipinski definition) is 9. The van der Waals surface area contributed by atoms with E-state index in [1.165, 1.54) is 67.3 Å². The van der Waals surface area contributed by atoms with Crippen LogP contribution in [0.1, 0.15) is 43.5 Å². The van der Waals surface area contributed by atoms with Crippen molar-refractivity contribution in [2.24, 2.45) is 11.1 Å². The van der Waals surface area contributed by atoms with Gasteiger partial charge in [-0.25, -0.2) is 4.79 Å². The zero-order valence-corrected chi connectivity index (χ0v) is 28.7. The number of halogens is 3. The van der Waals surface area contributed by atoms with Crippen LogP contribution in [0, 0.1) is 5.41 Å². The van der Waals surface area contributed by atoms with Gasteiger partial charge in [0.25, 0.3) is 0 Å². The minimum atomic E-state index is -5.08. The third-order valence-corrected chi connectivity index (χ3v) is 8.43. The number of carboxylic acids is 1. The summed E-state index contributed by atoms with van der Waals surface area (Å²) in [5, 5.41) is 52.8. The number of carbonyl (C=O) groups is 6. The number of thioether (sulfide) groups is 1. The van der Waals surface area contributed by atoms with Gasteiger partial charge < -0.3 is 52.1 Å². The lowest BCUT2D eigenvalue weighted by Gasteiger charge is -2.43. The summed E-state index contributed by atoms with van der Waals surface area (Å²) in [6, 6.07) is 8.63. The van der Waals surface area contributed by atoms with E-state index in [1.54, 1.807) is 0 Å². The Labute approximate surface area is 299 Å². The number of likely N-dealkylation sites (tertiary alicyclic amines) is 1. The fourth-order valence-electron chi connectivity index (χ4n) is 4.33. The van der Waals surface area contributed by atoms with Gasteiger partial charge in [-0.15, -0.1) is 0 Å². The van der Waals surface area contributed by atoms with Gasteiger partial charge in [0.15, 0.2) is 0 Å². The van der Waals surface area contributed by atoms with Crippen LogP contribution in [-0.2, 0) is 28.8 Å². The number of aliphatic hydroxyl groups is 2. The molecule has 286 valence electrons. The largest absolute Gasteiger partial charge is 0.508 e. The predicted octanol–water partition coefficient (Wildman–Crippen LogP) is 0.0609. The Morgan fingerprint density at radius 3 is 1.92 bits per heavy atom. The Hall–Kier alpha value is -4.92. The van der Waals surface area contributed by atoms with E-state index in [9.17, 15) is 57.6 Å². The minimum Gasteiger partial charge on any atom is -0.508 e. The molecule has 0 unspecified atom stereocenters. The van der Waals surface area contributed by atoms with Gasteiger partial charge in [0, 0.05) is 30.7 Å². The summed E-state index contributed by atoms with van der Waals surface area (Å²) < 4.78 is 31.7.